The van der Waals surface area contributed by atoms with E-state index < -0.39 is 0 Å². The number of methoxy groups -OCH3 is 1. The van der Waals surface area contributed by atoms with E-state index >= 15 is 0 Å². The Morgan fingerprint density at radius 1 is 1.19 bits per heavy atom. The first-order valence-corrected chi connectivity index (χ1v) is 6.82. The summed E-state index contributed by atoms with van der Waals surface area (Å²) in [6.45, 7) is 0.425. The fourth-order valence-corrected chi connectivity index (χ4v) is 2.03. The normalized spacial score (nSPS) is 9.95. The van der Waals surface area contributed by atoms with Gasteiger partial charge in [-0.25, -0.2) is 0 Å². The topological polar surface area (TPSA) is 64.3 Å². The minimum atomic E-state index is -0.175. The van der Waals surface area contributed by atoms with E-state index in [4.69, 9.17) is 22.7 Å². The maximum absolute atomic E-state index is 12.1. The number of nitrogens with one attached hydrogen (secondary N) is 1. The predicted molar refractivity (Wildman–Crippen MR) is 86.5 cm³/mol. The van der Waals surface area contributed by atoms with E-state index in [1.165, 1.54) is 0 Å². The number of benzene rings is 2. The summed E-state index contributed by atoms with van der Waals surface area (Å²) in [4.78, 5) is 12.5. The van der Waals surface area contributed by atoms with E-state index in [1.807, 2.05) is 30.3 Å². The molecule has 0 aliphatic rings. The van der Waals surface area contributed by atoms with E-state index in [-0.39, 0.29) is 5.91 Å². The smallest absolute Gasteiger partial charge is 0.255 e. The van der Waals surface area contributed by atoms with E-state index in [0.29, 0.717) is 22.8 Å². The van der Waals surface area contributed by atoms with E-state index in [2.05, 4.69) is 5.32 Å². The van der Waals surface area contributed by atoms with Gasteiger partial charge in [0.1, 0.15) is 10.7 Å². The van der Waals surface area contributed by atoms with Crippen molar-refractivity contribution < 1.29 is 9.53 Å². The lowest BCUT2D eigenvalue weighted by Crippen LogP contribution is -2.23. The number of hydrogen-bond acceptors (Lipinski definition) is 3. The van der Waals surface area contributed by atoms with Gasteiger partial charge < -0.3 is 15.8 Å². The van der Waals surface area contributed by atoms with Crippen molar-refractivity contribution in [1.82, 2.24) is 5.32 Å². The van der Waals surface area contributed by atoms with Gasteiger partial charge in [-0.1, -0.05) is 48.6 Å². The van der Waals surface area contributed by atoms with Crippen LogP contribution in [0.1, 0.15) is 21.5 Å². The van der Waals surface area contributed by atoms with Crippen LogP contribution in [0.25, 0.3) is 0 Å². The average molecular weight is 300 g/mol. The highest BCUT2D eigenvalue weighted by molar-refractivity contribution is 7.80. The van der Waals surface area contributed by atoms with Gasteiger partial charge in [-0.05, 0) is 17.7 Å². The maximum atomic E-state index is 12.1. The highest BCUT2D eigenvalue weighted by Gasteiger charge is 2.10. The lowest BCUT2D eigenvalue weighted by Gasteiger charge is -2.09. The number of amides is 1. The number of hydrogen-bond donors (Lipinski definition) is 2. The molecule has 2 aromatic carbocycles. The first-order chi connectivity index (χ1) is 10.1. The van der Waals surface area contributed by atoms with Gasteiger partial charge in [0, 0.05) is 12.1 Å². The van der Waals surface area contributed by atoms with Crippen molar-refractivity contribution >= 4 is 23.1 Å². The SMILES string of the molecule is COc1ccccc1C(=O)NCc1ccc(C(N)=S)cc1. The zero-order chi connectivity index (χ0) is 15.2. The van der Waals surface area contributed by atoms with Crippen molar-refractivity contribution in [1.29, 1.82) is 0 Å². The molecule has 0 heterocycles. The Labute approximate surface area is 128 Å². The molecule has 0 aromatic heterocycles. The van der Waals surface area contributed by atoms with Crippen molar-refractivity contribution in [3.8, 4) is 5.75 Å². The van der Waals surface area contributed by atoms with Gasteiger partial charge >= 0.3 is 0 Å². The highest BCUT2D eigenvalue weighted by atomic mass is 32.1. The Morgan fingerprint density at radius 2 is 1.86 bits per heavy atom. The van der Waals surface area contributed by atoms with Gasteiger partial charge in [0.2, 0.25) is 0 Å². The van der Waals surface area contributed by atoms with Crippen molar-refractivity contribution in [3.05, 3.63) is 65.2 Å². The maximum Gasteiger partial charge on any atom is 0.255 e. The quantitative estimate of drug-likeness (QED) is 0.831. The monoisotopic (exact) mass is 300 g/mol. The Morgan fingerprint density at radius 3 is 2.48 bits per heavy atom. The van der Waals surface area contributed by atoms with E-state index in [9.17, 15) is 4.79 Å². The largest absolute Gasteiger partial charge is 0.496 e. The van der Waals surface area contributed by atoms with Gasteiger partial charge in [-0.3, -0.25) is 4.79 Å². The van der Waals surface area contributed by atoms with Crippen LogP contribution >= 0.6 is 12.2 Å². The molecule has 2 aromatic rings. The minimum absolute atomic E-state index is 0.175. The summed E-state index contributed by atoms with van der Waals surface area (Å²) in [7, 11) is 1.54. The number of ether oxygens (including phenoxy) is 1. The Bertz CT molecular complexity index is 654. The molecule has 0 radical (unpaired) electrons. The van der Waals surface area contributed by atoms with Crippen molar-refractivity contribution in [2.75, 3.05) is 7.11 Å². The summed E-state index contributed by atoms with van der Waals surface area (Å²) in [6, 6.07) is 14.6. The van der Waals surface area contributed by atoms with E-state index in [1.54, 1.807) is 25.3 Å². The number of carbonyl (C=O) groups is 1. The first-order valence-electron chi connectivity index (χ1n) is 6.42. The van der Waals surface area contributed by atoms with Crippen LogP contribution in [0.5, 0.6) is 5.75 Å². The second-order valence-electron chi connectivity index (χ2n) is 4.44. The third kappa shape index (κ3) is 3.79. The second kappa shape index (κ2) is 6.85. The van der Waals surface area contributed by atoms with Crippen LogP contribution in [0, 0.1) is 0 Å². The molecule has 0 saturated heterocycles. The van der Waals surface area contributed by atoms with Crippen LogP contribution in [0.15, 0.2) is 48.5 Å². The average Bonchev–Trinajstić information content (AvgIpc) is 2.52. The van der Waals surface area contributed by atoms with Crippen LogP contribution in [0.2, 0.25) is 0 Å². The standard InChI is InChI=1S/C16H16N2O2S/c1-20-14-5-3-2-4-13(14)16(19)18-10-11-6-8-12(9-7-11)15(17)21/h2-9H,10H2,1H3,(H2,17,21)(H,18,19). The molecule has 2 rings (SSSR count). The lowest BCUT2D eigenvalue weighted by atomic mass is 10.1. The fourth-order valence-electron chi connectivity index (χ4n) is 1.90. The molecule has 1 amide bonds. The molecule has 4 nitrogen and oxygen atoms in total. The fraction of sp³-hybridized carbons (Fsp3) is 0.125. The molecule has 108 valence electrons. The summed E-state index contributed by atoms with van der Waals surface area (Å²) in [5.74, 6) is 0.379. The third-order valence-electron chi connectivity index (χ3n) is 3.04. The highest BCUT2D eigenvalue weighted by Crippen LogP contribution is 2.17. The summed E-state index contributed by atoms with van der Waals surface area (Å²) in [5, 5.41) is 2.86. The third-order valence-corrected chi connectivity index (χ3v) is 3.28. The van der Waals surface area contributed by atoms with Crippen molar-refractivity contribution in [3.63, 3.8) is 0 Å². The molecule has 21 heavy (non-hydrogen) atoms. The number of carbonyl (C=O) groups excluding carboxylic acids is 1. The van der Waals surface area contributed by atoms with Crippen LogP contribution in [0.3, 0.4) is 0 Å². The molecule has 0 atom stereocenters. The minimum Gasteiger partial charge on any atom is -0.496 e. The van der Waals surface area contributed by atoms with Gasteiger partial charge in [0.15, 0.2) is 0 Å². The number of para-hydroxylation sites is 1. The molecule has 0 unspecified atom stereocenters. The van der Waals surface area contributed by atoms with Gasteiger partial charge in [0.25, 0.3) is 5.91 Å². The van der Waals surface area contributed by atoms with Crippen LogP contribution in [0.4, 0.5) is 0 Å². The molecule has 0 aliphatic heterocycles. The lowest BCUT2D eigenvalue weighted by molar-refractivity contribution is 0.0948. The van der Waals surface area contributed by atoms with Gasteiger partial charge in [0.05, 0.1) is 12.7 Å². The van der Waals surface area contributed by atoms with Gasteiger partial charge in [-0.15, -0.1) is 0 Å². The molecule has 0 spiro atoms. The molecular formula is C16H16N2O2S. The molecule has 5 heteroatoms. The molecular weight excluding hydrogens is 284 g/mol. The summed E-state index contributed by atoms with van der Waals surface area (Å²) >= 11 is 4.90. The Balaban J connectivity index is 2.02. The van der Waals surface area contributed by atoms with Crippen molar-refractivity contribution in [2.24, 2.45) is 5.73 Å². The summed E-state index contributed by atoms with van der Waals surface area (Å²) in [6.07, 6.45) is 0. The van der Waals surface area contributed by atoms with Crippen LogP contribution in [-0.4, -0.2) is 18.0 Å². The predicted octanol–water partition coefficient (Wildman–Crippen LogP) is 2.26. The van der Waals surface area contributed by atoms with E-state index in [0.717, 1.165) is 11.1 Å². The number of thiocarbonyl (C=S) groups is 1. The van der Waals surface area contributed by atoms with Crippen LogP contribution < -0.4 is 15.8 Å². The Kier molecular flexibility index (Phi) is 4.90. The number of rotatable bonds is 5. The molecule has 0 saturated carbocycles. The molecule has 0 aliphatic carbocycles. The summed E-state index contributed by atoms with van der Waals surface area (Å²) in [5.41, 5.74) is 7.84. The van der Waals surface area contributed by atoms with Gasteiger partial charge in [-0.2, -0.15) is 0 Å². The molecule has 3 N–H and O–H groups in total. The molecule has 0 bridgehead atoms. The Hall–Kier alpha value is -2.40. The summed E-state index contributed by atoms with van der Waals surface area (Å²) < 4.78 is 5.17. The molecule has 0 fully saturated rings. The first kappa shape index (κ1) is 15.0. The zero-order valence-corrected chi connectivity index (χ0v) is 12.4. The van der Waals surface area contributed by atoms with Crippen molar-refractivity contribution in [2.45, 2.75) is 6.54 Å². The van der Waals surface area contributed by atoms with Crippen LogP contribution in [-0.2, 0) is 6.54 Å². The second-order valence-corrected chi connectivity index (χ2v) is 4.88. The zero-order valence-electron chi connectivity index (χ0n) is 11.6. The number of nitrogens with two attached hydrogens (primary N) is 1.